The van der Waals surface area contributed by atoms with Crippen LogP contribution in [-0.2, 0) is 0 Å². The predicted molar refractivity (Wildman–Crippen MR) is 103 cm³/mol. The zero-order valence-corrected chi connectivity index (χ0v) is 14.9. The van der Waals surface area contributed by atoms with Crippen molar-refractivity contribution in [3.05, 3.63) is 60.9 Å². The minimum absolute atomic E-state index is 0.184. The van der Waals surface area contributed by atoms with Crippen LogP contribution in [0.2, 0.25) is 0 Å². The van der Waals surface area contributed by atoms with Crippen molar-refractivity contribution in [2.75, 3.05) is 13.1 Å². The molecule has 0 aliphatic carbocycles. The van der Waals surface area contributed by atoms with Crippen LogP contribution in [0, 0.1) is 0 Å². The minimum atomic E-state index is 0.184. The molecule has 130 valence electrons. The zero-order chi connectivity index (χ0) is 17.1. The van der Waals surface area contributed by atoms with Gasteiger partial charge in [-0.1, -0.05) is 31.5 Å². The SMILES string of the molecule is CCC(Oc1cccc(-c2cc3ccccn3c2)c1)N1CCCCC1. The molecule has 4 rings (SSSR count). The summed E-state index contributed by atoms with van der Waals surface area (Å²) >= 11 is 0. The van der Waals surface area contributed by atoms with Gasteiger partial charge in [-0.2, -0.15) is 0 Å². The molecule has 1 atom stereocenters. The molecule has 1 fully saturated rings. The molecule has 3 heterocycles. The molecule has 1 unspecified atom stereocenters. The lowest BCUT2D eigenvalue weighted by atomic mass is 10.1. The number of fused-ring (bicyclic) bond motifs is 1. The van der Waals surface area contributed by atoms with Crippen LogP contribution in [0.5, 0.6) is 5.75 Å². The quantitative estimate of drug-likeness (QED) is 0.637. The molecular formula is C22H26N2O. The van der Waals surface area contributed by atoms with Crippen molar-refractivity contribution in [2.24, 2.45) is 0 Å². The van der Waals surface area contributed by atoms with Gasteiger partial charge in [0.2, 0.25) is 0 Å². The van der Waals surface area contributed by atoms with Crippen LogP contribution >= 0.6 is 0 Å². The molecule has 2 aromatic heterocycles. The summed E-state index contributed by atoms with van der Waals surface area (Å²) in [5.74, 6) is 0.963. The first-order valence-corrected chi connectivity index (χ1v) is 9.41. The van der Waals surface area contributed by atoms with Crippen molar-refractivity contribution in [1.29, 1.82) is 0 Å². The third-order valence-corrected chi connectivity index (χ3v) is 5.09. The van der Waals surface area contributed by atoms with Crippen molar-refractivity contribution in [2.45, 2.75) is 38.8 Å². The van der Waals surface area contributed by atoms with Crippen LogP contribution in [0.15, 0.2) is 60.9 Å². The second kappa shape index (κ2) is 7.32. The fraction of sp³-hybridized carbons (Fsp3) is 0.364. The van der Waals surface area contributed by atoms with Gasteiger partial charge >= 0.3 is 0 Å². The van der Waals surface area contributed by atoms with Crippen molar-refractivity contribution in [3.63, 3.8) is 0 Å². The molecule has 0 saturated carbocycles. The number of pyridine rings is 1. The van der Waals surface area contributed by atoms with Crippen LogP contribution in [0.4, 0.5) is 0 Å². The summed E-state index contributed by atoms with van der Waals surface area (Å²) in [4.78, 5) is 2.49. The normalized spacial score (nSPS) is 16.8. The summed E-state index contributed by atoms with van der Waals surface area (Å²) in [6.07, 6.45) is 9.39. The zero-order valence-electron chi connectivity index (χ0n) is 14.9. The molecule has 25 heavy (non-hydrogen) atoms. The largest absolute Gasteiger partial charge is 0.475 e. The van der Waals surface area contributed by atoms with Gasteiger partial charge in [-0.15, -0.1) is 0 Å². The Morgan fingerprint density at radius 3 is 2.64 bits per heavy atom. The first-order chi connectivity index (χ1) is 12.3. The highest BCUT2D eigenvalue weighted by Gasteiger charge is 2.20. The van der Waals surface area contributed by atoms with Gasteiger partial charge in [-0.3, -0.25) is 4.90 Å². The number of piperidine rings is 1. The van der Waals surface area contributed by atoms with Crippen LogP contribution in [0.3, 0.4) is 0 Å². The van der Waals surface area contributed by atoms with Crippen molar-refractivity contribution >= 4 is 5.52 Å². The van der Waals surface area contributed by atoms with Gasteiger partial charge in [0, 0.05) is 36.6 Å². The number of hydrogen-bond donors (Lipinski definition) is 0. The number of likely N-dealkylation sites (tertiary alicyclic amines) is 1. The van der Waals surface area contributed by atoms with Gasteiger partial charge in [0.25, 0.3) is 0 Å². The Morgan fingerprint density at radius 1 is 0.960 bits per heavy atom. The molecule has 3 nitrogen and oxygen atoms in total. The molecule has 0 bridgehead atoms. The van der Waals surface area contributed by atoms with Crippen LogP contribution < -0.4 is 4.74 Å². The summed E-state index contributed by atoms with van der Waals surface area (Å²) in [5, 5.41) is 0. The molecule has 1 aliphatic heterocycles. The maximum absolute atomic E-state index is 6.36. The summed E-state index contributed by atoms with van der Waals surface area (Å²) in [7, 11) is 0. The van der Waals surface area contributed by atoms with E-state index in [4.69, 9.17) is 4.74 Å². The maximum atomic E-state index is 6.36. The fourth-order valence-corrected chi connectivity index (χ4v) is 3.74. The summed E-state index contributed by atoms with van der Waals surface area (Å²) < 4.78 is 8.52. The number of hydrogen-bond acceptors (Lipinski definition) is 2. The number of aromatic nitrogens is 1. The standard InChI is InChI=1S/C22H26N2O/c1-2-22(23-12-5-3-6-13-23)25-21-11-8-9-18(16-21)19-15-20-10-4-7-14-24(20)17-19/h4,7-11,14-17,22H,2-3,5-6,12-13H2,1H3. The van der Waals surface area contributed by atoms with E-state index in [1.165, 1.54) is 35.9 Å². The number of benzene rings is 1. The van der Waals surface area contributed by atoms with E-state index in [0.29, 0.717) is 0 Å². The monoisotopic (exact) mass is 334 g/mol. The van der Waals surface area contributed by atoms with E-state index in [1.807, 2.05) is 0 Å². The number of ether oxygens (including phenoxy) is 1. The van der Waals surface area contributed by atoms with E-state index in [1.54, 1.807) is 0 Å². The van der Waals surface area contributed by atoms with Crippen LogP contribution in [0.25, 0.3) is 16.6 Å². The minimum Gasteiger partial charge on any atom is -0.475 e. The molecule has 1 aliphatic rings. The van der Waals surface area contributed by atoms with E-state index < -0.39 is 0 Å². The third-order valence-electron chi connectivity index (χ3n) is 5.09. The second-order valence-electron chi connectivity index (χ2n) is 6.87. The first kappa shape index (κ1) is 16.2. The van der Waals surface area contributed by atoms with E-state index in [9.17, 15) is 0 Å². The lowest BCUT2D eigenvalue weighted by Crippen LogP contribution is -2.42. The Balaban J connectivity index is 1.56. The summed E-state index contributed by atoms with van der Waals surface area (Å²) in [6, 6.07) is 17.0. The first-order valence-electron chi connectivity index (χ1n) is 9.41. The number of rotatable bonds is 5. The fourth-order valence-electron chi connectivity index (χ4n) is 3.74. The molecular weight excluding hydrogens is 308 g/mol. The molecule has 1 aromatic carbocycles. The second-order valence-corrected chi connectivity index (χ2v) is 6.87. The molecule has 3 aromatic rings. The summed E-state index contributed by atoms with van der Waals surface area (Å²) in [5.41, 5.74) is 3.64. The average molecular weight is 334 g/mol. The highest BCUT2D eigenvalue weighted by molar-refractivity contribution is 5.71. The molecule has 0 N–H and O–H groups in total. The van der Waals surface area contributed by atoms with Gasteiger partial charge in [0.05, 0.1) is 0 Å². The van der Waals surface area contributed by atoms with Crippen molar-refractivity contribution in [1.82, 2.24) is 9.30 Å². The Hall–Kier alpha value is -2.26. The highest BCUT2D eigenvalue weighted by Crippen LogP contribution is 2.27. The Labute approximate surface area is 149 Å². The van der Waals surface area contributed by atoms with E-state index in [0.717, 1.165) is 25.3 Å². The topological polar surface area (TPSA) is 16.9 Å². The molecule has 0 amide bonds. The van der Waals surface area contributed by atoms with Crippen molar-refractivity contribution in [3.8, 4) is 16.9 Å². The Kier molecular flexibility index (Phi) is 4.75. The smallest absolute Gasteiger partial charge is 0.152 e. The Morgan fingerprint density at radius 2 is 1.84 bits per heavy atom. The lowest BCUT2D eigenvalue weighted by Gasteiger charge is -2.34. The van der Waals surface area contributed by atoms with E-state index in [-0.39, 0.29) is 6.23 Å². The predicted octanol–water partition coefficient (Wildman–Crippen LogP) is 5.21. The van der Waals surface area contributed by atoms with Crippen LogP contribution in [0.1, 0.15) is 32.6 Å². The molecule has 0 spiro atoms. The Bertz CT molecular complexity index is 800. The van der Waals surface area contributed by atoms with Gasteiger partial charge in [0.1, 0.15) is 5.75 Å². The van der Waals surface area contributed by atoms with Gasteiger partial charge in [0.15, 0.2) is 6.23 Å². The summed E-state index contributed by atoms with van der Waals surface area (Å²) in [6.45, 7) is 4.52. The van der Waals surface area contributed by atoms with Crippen molar-refractivity contribution < 1.29 is 4.74 Å². The van der Waals surface area contributed by atoms with Crippen LogP contribution in [-0.4, -0.2) is 28.6 Å². The van der Waals surface area contributed by atoms with E-state index >= 15 is 0 Å². The van der Waals surface area contributed by atoms with E-state index in [2.05, 4.69) is 77.1 Å². The third kappa shape index (κ3) is 3.57. The highest BCUT2D eigenvalue weighted by atomic mass is 16.5. The molecule has 0 radical (unpaired) electrons. The van der Waals surface area contributed by atoms with Gasteiger partial charge in [-0.25, -0.2) is 0 Å². The van der Waals surface area contributed by atoms with Gasteiger partial charge < -0.3 is 9.14 Å². The molecule has 1 saturated heterocycles. The number of nitrogens with zero attached hydrogens (tertiary/aromatic N) is 2. The average Bonchev–Trinajstić information content (AvgIpc) is 3.11. The maximum Gasteiger partial charge on any atom is 0.152 e. The lowest BCUT2D eigenvalue weighted by molar-refractivity contribution is 0.00986. The molecule has 3 heteroatoms. The van der Waals surface area contributed by atoms with Gasteiger partial charge in [-0.05, 0) is 55.2 Å².